The number of nitrogens with zero attached hydrogens (tertiary/aromatic N) is 2. The first-order valence-electron chi connectivity index (χ1n) is 6.35. The molecule has 0 spiro atoms. The molecule has 0 atom stereocenters. The Hall–Kier alpha value is -1.43. The monoisotopic (exact) mass is 341 g/mol. The van der Waals surface area contributed by atoms with E-state index in [2.05, 4.69) is 22.4 Å². The number of carbonyl (C=O) groups is 1. The molecule has 7 heteroatoms. The third kappa shape index (κ3) is 4.52. The van der Waals surface area contributed by atoms with E-state index in [1.807, 2.05) is 0 Å². The third-order valence-corrected chi connectivity index (χ3v) is 4.29. The second kappa shape index (κ2) is 7.54. The summed E-state index contributed by atoms with van der Waals surface area (Å²) in [5.74, 6) is -0.287. The molecule has 0 unspecified atom stereocenters. The predicted octanol–water partition coefficient (Wildman–Crippen LogP) is 4.45. The van der Waals surface area contributed by atoms with Gasteiger partial charge in [-0.3, -0.25) is 10.1 Å². The van der Waals surface area contributed by atoms with Gasteiger partial charge in [-0.05, 0) is 24.1 Å². The van der Waals surface area contributed by atoms with Crippen LogP contribution in [0.15, 0.2) is 24.3 Å². The van der Waals surface area contributed by atoms with E-state index in [1.54, 1.807) is 24.3 Å². The van der Waals surface area contributed by atoms with Gasteiger partial charge in [-0.2, -0.15) is 0 Å². The number of halogens is 2. The molecule has 1 amide bonds. The minimum absolute atomic E-state index is 0.287. The topological polar surface area (TPSA) is 54.9 Å². The minimum Gasteiger partial charge on any atom is -0.297 e. The van der Waals surface area contributed by atoms with Crippen molar-refractivity contribution in [1.82, 2.24) is 10.2 Å². The number of benzene rings is 1. The van der Waals surface area contributed by atoms with Crippen LogP contribution in [0.25, 0.3) is 6.08 Å². The number of hydrogen-bond acceptors (Lipinski definition) is 4. The zero-order chi connectivity index (χ0) is 15.2. The van der Waals surface area contributed by atoms with Crippen LogP contribution in [-0.2, 0) is 11.2 Å². The first-order valence-corrected chi connectivity index (χ1v) is 7.93. The standard InChI is InChI=1S/C14H13Cl2N3OS/c1-2-4-12-18-19-14(21-12)17-11(20)8-7-9-5-3-6-10(15)13(9)16/h3,5-8H,2,4H2,1H3,(H,17,19,20)/b8-7+. The number of anilines is 1. The van der Waals surface area contributed by atoms with E-state index in [4.69, 9.17) is 23.2 Å². The second-order valence-electron chi connectivity index (χ2n) is 4.22. The summed E-state index contributed by atoms with van der Waals surface area (Å²) >= 11 is 13.3. The number of nitrogens with one attached hydrogen (secondary N) is 1. The van der Waals surface area contributed by atoms with Crippen LogP contribution in [0.5, 0.6) is 0 Å². The zero-order valence-corrected chi connectivity index (χ0v) is 13.6. The molecule has 0 bridgehead atoms. The van der Waals surface area contributed by atoms with Gasteiger partial charge < -0.3 is 0 Å². The molecule has 0 aliphatic heterocycles. The number of aromatic nitrogens is 2. The van der Waals surface area contributed by atoms with Crippen LogP contribution in [0.3, 0.4) is 0 Å². The molecule has 0 aliphatic carbocycles. The number of hydrogen-bond donors (Lipinski definition) is 1. The van der Waals surface area contributed by atoms with Gasteiger partial charge in [0.15, 0.2) is 0 Å². The van der Waals surface area contributed by atoms with Crippen molar-refractivity contribution in [3.8, 4) is 0 Å². The molecule has 0 saturated carbocycles. The number of rotatable bonds is 5. The fourth-order valence-corrected chi connectivity index (χ4v) is 2.80. The van der Waals surface area contributed by atoms with Crippen molar-refractivity contribution in [3.63, 3.8) is 0 Å². The SMILES string of the molecule is CCCc1nnc(NC(=O)/C=C/c2cccc(Cl)c2Cl)s1. The van der Waals surface area contributed by atoms with Gasteiger partial charge in [-0.15, -0.1) is 10.2 Å². The van der Waals surface area contributed by atoms with Gasteiger partial charge in [0.05, 0.1) is 10.0 Å². The van der Waals surface area contributed by atoms with Crippen LogP contribution >= 0.6 is 34.5 Å². The van der Waals surface area contributed by atoms with Crippen LogP contribution in [0.2, 0.25) is 10.0 Å². The zero-order valence-electron chi connectivity index (χ0n) is 11.3. The fraction of sp³-hybridized carbons (Fsp3) is 0.214. The Kier molecular flexibility index (Phi) is 5.73. The summed E-state index contributed by atoms with van der Waals surface area (Å²) in [6.07, 6.45) is 4.85. The highest BCUT2D eigenvalue weighted by molar-refractivity contribution is 7.15. The lowest BCUT2D eigenvalue weighted by atomic mass is 10.2. The van der Waals surface area contributed by atoms with E-state index < -0.39 is 0 Å². The van der Waals surface area contributed by atoms with Crippen LogP contribution in [-0.4, -0.2) is 16.1 Å². The van der Waals surface area contributed by atoms with Gasteiger partial charge in [0.1, 0.15) is 5.01 Å². The first kappa shape index (κ1) is 15.9. The lowest BCUT2D eigenvalue weighted by Gasteiger charge is -2.00. The Morgan fingerprint density at radius 2 is 2.19 bits per heavy atom. The van der Waals surface area contributed by atoms with E-state index in [0.29, 0.717) is 20.7 Å². The summed E-state index contributed by atoms with van der Waals surface area (Å²) in [5, 5.41) is 12.9. The molecule has 1 heterocycles. The van der Waals surface area contributed by atoms with Crippen molar-refractivity contribution in [1.29, 1.82) is 0 Å². The Labute approximate surface area is 136 Å². The molecule has 0 radical (unpaired) electrons. The summed E-state index contributed by atoms with van der Waals surface area (Å²) in [7, 11) is 0. The van der Waals surface area contributed by atoms with Crippen molar-refractivity contribution >= 4 is 51.7 Å². The van der Waals surface area contributed by atoms with Crippen LogP contribution < -0.4 is 5.32 Å². The van der Waals surface area contributed by atoms with Gasteiger partial charge in [-0.1, -0.05) is 53.6 Å². The summed E-state index contributed by atoms with van der Waals surface area (Å²) < 4.78 is 0. The van der Waals surface area contributed by atoms with Crippen LogP contribution in [0.4, 0.5) is 5.13 Å². The largest absolute Gasteiger partial charge is 0.297 e. The van der Waals surface area contributed by atoms with Crippen LogP contribution in [0.1, 0.15) is 23.9 Å². The Bertz CT molecular complexity index is 670. The highest BCUT2D eigenvalue weighted by Crippen LogP contribution is 2.26. The maximum Gasteiger partial charge on any atom is 0.250 e. The maximum atomic E-state index is 11.8. The van der Waals surface area contributed by atoms with Crippen molar-refractivity contribution in [2.45, 2.75) is 19.8 Å². The molecule has 1 aromatic carbocycles. The normalized spacial score (nSPS) is 11.0. The molecule has 21 heavy (non-hydrogen) atoms. The van der Waals surface area contributed by atoms with Crippen molar-refractivity contribution in [3.05, 3.63) is 44.9 Å². The van der Waals surface area contributed by atoms with Gasteiger partial charge in [0.2, 0.25) is 11.0 Å². The molecule has 1 aromatic heterocycles. The van der Waals surface area contributed by atoms with E-state index in [9.17, 15) is 4.79 Å². The molecular formula is C14H13Cl2N3OS. The highest BCUT2D eigenvalue weighted by atomic mass is 35.5. The Morgan fingerprint density at radius 1 is 1.38 bits per heavy atom. The van der Waals surface area contributed by atoms with Crippen molar-refractivity contribution in [2.75, 3.05) is 5.32 Å². The van der Waals surface area contributed by atoms with E-state index >= 15 is 0 Å². The smallest absolute Gasteiger partial charge is 0.250 e. The molecule has 1 N–H and O–H groups in total. The lowest BCUT2D eigenvalue weighted by Crippen LogP contribution is -2.07. The van der Waals surface area contributed by atoms with Gasteiger partial charge in [-0.25, -0.2) is 0 Å². The minimum atomic E-state index is -0.287. The molecule has 0 fully saturated rings. The predicted molar refractivity (Wildman–Crippen MR) is 88.0 cm³/mol. The molecule has 2 rings (SSSR count). The lowest BCUT2D eigenvalue weighted by molar-refractivity contribution is -0.111. The molecule has 4 nitrogen and oxygen atoms in total. The quantitative estimate of drug-likeness (QED) is 0.817. The molecule has 0 saturated heterocycles. The van der Waals surface area contributed by atoms with E-state index in [1.165, 1.54) is 17.4 Å². The summed E-state index contributed by atoms with van der Waals surface area (Å²) in [6, 6.07) is 5.24. The summed E-state index contributed by atoms with van der Waals surface area (Å²) in [5.41, 5.74) is 0.684. The molecule has 0 aliphatic rings. The fourth-order valence-electron chi connectivity index (χ4n) is 1.58. The van der Waals surface area contributed by atoms with Crippen molar-refractivity contribution < 1.29 is 4.79 Å². The summed E-state index contributed by atoms with van der Waals surface area (Å²) in [6.45, 7) is 2.07. The van der Waals surface area contributed by atoms with Gasteiger partial charge in [0, 0.05) is 12.5 Å². The van der Waals surface area contributed by atoms with E-state index in [-0.39, 0.29) is 5.91 Å². The highest BCUT2D eigenvalue weighted by Gasteiger charge is 2.06. The molecular weight excluding hydrogens is 329 g/mol. The average Bonchev–Trinajstić information content (AvgIpc) is 2.88. The van der Waals surface area contributed by atoms with Gasteiger partial charge >= 0.3 is 0 Å². The van der Waals surface area contributed by atoms with Gasteiger partial charge in [0.25, 0.3) is 0 Å². The number of amides is 1. The maximum absolute atomic E-state index is 11.8. The van der Waals surface area contributed by atoms with Crippen LogP contribution in [0, 0.1) is 0 Å². The second-order valence-corrected chi connectivity index (χ2v) is 6.06. The average molecular weight is 342 g/mol. The first-order chi connectivity index (χ1) is 10.1. The molecule has 2 aromatic rings. The van der Waals surface area contributed by atoms with E-state index in [0.717, 1.165) is 17.8 Å². The third-order valence-electron chi connectivity index (χ3n) is 2.56. The van der Waals surface area contributed by atoms with Crippen molar-refractivity contribution in [2.24, 2.45) is 0 Å². The number of aryl methyl sites for hydroxylation is 1. The summed E-state index contributed by atoms with van der Waals surface area (Å²) in [4.78, 5) is 11.8. The molecule has 110 valence electrons. The number of carbonyl (C=O) groups excluding carboxylic acids is 1. The Morgan fingerprint density at radius 3 is 2.95 bits per heavy atom. The Balaban J connectivity index is 2.00.